The van der Waals surface area contributed by atoms with Crippen LogP contribution in [0.25, 0.3) is 0 Å². The van der Waals surface area contributed by atoms with Crippen molar-refractivity contribution in [1.82, 2.24) is 4.90 Å². The number of hydrogen-bond donors (Lipinski definition) is 1. The van der Waals surface area contributed by atoms with Gasteiger partial charge < -0.3 is 10.0 Å². The molecule has 0 fully saturated rings. The molecule has 1 unspecified atom stereocenters. The maximum absolute atomic E-state index is 12.5. The molecule has 22 heavy (non-hydrogen) atoms. The first-order valence-corrected chi connectivity index (χ1v) is 7.93. The Hall–Kier alpha value is -1.84. The zero-order valence-electron chi connectivity index (χ0n) is 13.8. The standard InChI is InChI=1S/C18H27NO3/c1-14(2)15(3)12-17(20)19(11-7-10-18(21)22)13-16-8-5-4-6-9-16/h4-6,8-9,14-15H,7,10-13H2,1-3H3,(H,21,22). The predicted octanol–water partition coefficient (Wildman–Crippen LogP) is 3.56. The number of carbonyl (C=O) groups excluding carboxylic acids is 1. The molecule has 1 N–H and O–H groups in total. The maximum Gasteiger partial charge on any atom is 0.303 e. The average Bonchev–Trinajstić information content (AvgIpc) is 2.46. The van der Waals surface area contributed by atoms with Crippen molar-refractivity contribution >= 4 is 11.9 Å². The van der Waals surface area contributed by atoms with Crippen LogP contribution in [0.5, 0.6) is 0 Å². The van der Waals surface area contributed by atoms with Crippen LogP contribution in [0.15, 0.2) is 30.3 Å². The van der Waals surface area contributed by atoms with Gasteiger partial charge in [-0.3, -0.25) is 9.59 Å². The van der Waals surface area contributed by atoms with Crippen LogP contribution in [0.4, 0.5) is 0 Å². The molecule has 0 heterocycles. The van der Waals surface area contributed by atoms with Gasteiger partial charge in [-0.1, -0.05) is 51.1 Å². The average molecular weight is 305 g/mol. The van der Waals surface area contributed by atoms with E-state index >= 15 is 0 Å². The van der Waals surface area contributed by atoms with E-state index in [2.05, 4.69) is 20.8 Å². The first kappa shape index (κ1) is 18.2. The van der Waals surface area contributed by atoms with E-state index in [1.54, 1.807) is 4.90 Å². The van der Waals surface area contributed by atoms with Crippen molar-refractivity contribution in [1.29, 1.82) is 0 Å². The number of nitrogens with zero attached hydrogens (tertiary/aromatic N) is 1. The molecule has 0 bridgehead atoms. The second kappa shape index (κ2) is 9.23. The largest absolute Gasteiger partial charge is 0.481 e. The first-order valence-electron chi connectivity index (χ1n) is 7.93. The lowest BCUT2D eigenvalue weighted by atomic mass is 9.94. The molecule has 0 spiro atoms. The van der Waals surface area contributed by atoms with Crippen LogP contribution in [0, 0.1) is 11.8 Å². The SMILES string of the molecule is CC(C)C(C)CC(=O)N(CCCC(=O)O)Cc1ccccc1. The van der Waals surface area contributed by atoms with Gasteiger partial charge in [0.15, 0.2) is 0 Å². The molecule has 0 saturated heterocycles. The van der Waals surface area contributed by atoms with Crippen molar-refractivity contribution in [3.8, 4) is 0 Å². The molecular formula is C18H27NO3. The van der Waals surface area contributed by atoms with E-state index in [1.807, 2.05) is 30.3 Å². The van der Waals surface area contributed by atoms with E-state index in [1.165, 1.54) is 0 Å². The summed E-state index contributed by atoms with van der Waals surface area (Å²) in [6.45, 7) is 7.35. The molecular weight excluding hydrogens is 278 g/mol. The Labute approximate surface area is 133 Å². The van der Waals surface area contributed by atoms with Crippen molar-refractivity contribution in [2.24, 2.45) is 11.8 Å². The highest BCUT2D eigenvalue weighted by Crippen LogP contribution is 2.17. The normalized spacial score (nSPS) is 12.2. The molecule has 1 amide bonds. The molecule has 0 radical (unpaired) electrons. The number of rotatable bonds is 9. The monoisotopic (exact) mass is 305 g/mol. The minimum absolute atomic E-state index is 0.0955. The Bertz CT molecular complexity index is 470. The molecule has 0 aromatic heterocycles. The quantitative estimate of drug-likeness (QED) is 0.759. The summed E-state index contributed by atoms with van der Waals surface area (Å²) in [6, 6.07) is 9.82. The van der Waals surface area contributed by atoms with Crippen molar-refractivity contribution in [2.45, 2.75) is 46.6 Å². The summed E-state index contributed by atoms with van der Waals surface area (Å²) in [7, 11) is 0. The van der Waals surface area contributed by atoms with Crippen LogP contribution in [-0.2, 0) is 16.1 Å². The minimum atomic E-state index is -0.817. The lowest BCUT2D eigenvalue weighted by molar-refractivity contribution is -0.138. The number of carboxylic acids is 1. The number of hydrogen-bond acceptors (Lipinski definition) is 2. The van der Waals surface area contributed by atoms with Gasteiger partial charge in [0, 0.05) is 25.9 Å². The van der Waals surface area contributed by atoms with Crippen LogP contribution < -0.4 is 0 Å². The molecule has 4 nitrogen and oxygen atoms in total. The molecule has 0 aliphatic heterocycles. The molecule has 1 atom stereocenters. The second-order valence-electron chi connectivity index (χ2n) is 6.22. The van der Waals surface area contributed by atoms with E-state index in [0.29, 0.717) is 37.8 Å². The van der Waals surface area contributed by atoms with Crippen molar-refractivity contribution < 1.29 is 14.7 Å². The summed E-state index contributed by atoms with van der Waals surface area (Å²) in [5, 5.41) is 8.77. The molecule has 0 aliphatic rings. The topological polar surface area (TPSA) is 57.6 Å². The zero-order chi connectivity index (χ0) is 16.5. The van der Waals surface area contributed by atoms with Gasteiger partial charge in [0.1, 0.15) is 0 Å². The van der Waals surface area contributed by atoms with Crippen LogP contribution in [-0.4, -0.2) is 28.4 Å². The molecule has 0 aliphatic carbocycles. The third-order valence-electron chi connectivity index (χ3n) is 4.02. The fraction of sp³-hybridized carbons (Fsp3) is 0.556. The molecule has 1 rings (SSSR count). The molecule has 1 aromatic carbocycles. The van der Waals surface area contributed by atoms with Crippen molar-refractivity contribution in [2.75, 3.05) is 6.54 Å². The third kappa shape index (κ3) is 6.74. The highest BCUT2D eigenvalue weighted by molar-refractivity contribution is 5.76. The Morgan fingerprint density at radius 1 is 1.14 bits per heavy atom. The lowest BCUT2D eigenvalue weighted by Gasteiger charge is -2.25. The minimum Gasteiger partial charge on any atom is -0.481 e. The van der Waals surface area contributed by atoms with Crippen LogP contribution in [0.3, 0.4) is 0 Å². The zero-order valence-corrected chi connectivity index (χ0v) is 13.8. The summed E-state index contributed by atoms with van der Waals surface area (Å²) < 4.78 is 0. The maximum atomic E-state index is 12.5. The van der Waals surface area contributed by atoms with Gasteiger partial charge in [0.2, 0.25) is 5.91 Å². The summed E-state index contributed by atoms with van der Waals surface area (Å²) in [4.78, 5) is 25.0. The fourth-order valence-electron chi connectivity index (χ4n) is 2.16. The third-order valence-corrected chi connectivity index (χ3v) is 4.02. The van der Waals surface area contributed by atoms with E-state index in [9.17, 15) is 9.59 Å². The van der Waals surface area contributed by atoms with Gasteiger partial charge in [-0.25, -0.2) is 0 Å². The molecule has 4 heteroatoms. The lowest BCUT2D eigenvalue weighted by Crippen LogP contribution is -2.33. The number of carbonyl (C=O) groups is 2. The molecule has 1 aromatic rings. The second-order valence-corrected chi connectivity index (χ2v) is 6.22. The summed E-state index contributed by atoms with van der Waals surface area (Å²) in [5.74, 6) is 0.0740. The summed E-state index contributed by atoms with van der Waals surface area (Å²) >= 11 is 0. The Morgan fingerprint density at radius 2 is 1.77 bits per heavy atom. The van der Waals surface area contributed by atoms with Crippen LogP contribution >= 0.6 is 0 Å². The smallest absolute Gasteiger partial charge is 0.303 e. The Kier molecular flexibility index (Phi) is 7.64. The highest BCUT2D eigenvalue weighted by Gasteiger charge is 2.19. The van der Waals surface area contributed by atoms with Gasteiger partial charge in [0.25, 0.3) is 0 Å². The molecule has 0 saturated carbocycles. The van der Waals surface area contributed by atoms with Crippen molar-refractivity contribution in [3.63, 3.8) is 0 Å². The van der Waals surface area contributed by atoms with E-state index < -0.39 is 5.97 Å². The summed E-state index contributed by atoms with van der Waals surface area (Å²) in [6.07, 6.45) is 1.10. The highest BCUT2D eigenvalue weighted by atomic mass is 16.4. The van der Waals surface area contributed by atoms with E-state index in [0.717, 1.165) is 5.56 Å². The predicted molar refractivity (Wildman–Crippen MR) is 87.3 cm³/mol. The number of aliphatic carboxylic acids is 1. The van der Waals surface area contributed by atoms with Crippen molar-refractivity contribution in [3.05, 3.63) is 35.9 Å². The van der Waals surface area contributed by atoms with Gasteiger partial charge in [-0.2, -0.15) is 0 Å². The Balaban J connectivity index is 2.67. The number of amides is 1. The fourth-order valence-corrected chi connectivity index (χ4v) is 2.16. The summed E-state index contributed by atoms with van der Waals surface area (Å²) in [5.41, 5.74) is 1.07. The van der Waals surface area contributed by atoms with Gasteiger partial charge in [-0.15, -0.1) is 0 Å². The van der Waals surface area contributed by atoms with Crippen LogP contribution in [0.2, 0.25) is 0 Å². The van der Waals surface area contributed by atoms with Gasteiger partial charge in [0.05, 0.1) is 0 Å². The number of carboxylic acid groups (broad SMARTS) is 1. The van der Waals surface area contributed by atoms with Gasteiger partial charge >= 0.3 is 5.97 Å². The van der Waals surface area contributed by atoms with E-state index in [-0.39, 0.29) is 12.3 Å². The Morgan fingerprint density at radius 3 is 2.32 bits per heavy atom. The first-order chi connectivity index (χ1) is 10.4. The number of benzene rings is 1. The molecule has 122 valence electrons. The van der Waals surface area contributed by atoms with E-state index in [4.69, 9.17) is 5.11 Å². The van der Waals surface area contributed by atoms with Gasteiger partial charge in [-0.05, 0) is 23.8 Å². The van der Waals surface area contributed by atoms with Crippen LogP contribution in [0.1, 0.15) is 45.6 Å².